The van der Waals surface area contributed by atoms with Gasteiger partial charge in [0.15, 0.2) is 0 Å². The molecule has 4 N–H and O–H groups in total. The zero-order chi connectivity index (χ0) is 21.6. The van der Waals surface area contributed by atoms with Crippen LogP contribution in [0.1, 0.15) is 18.9 Å². The fraction of sp³-hybridized carbons (Fsp3) is 0.333. The van der Waals surface area contributed by atoms with Crippen LogP contribution >= 0.6 is 23.2 Å². The third kappa shape index (κ3) is 3.32. The minimum absolute atomic E-state index is 0.256. The Balaban J connectivity index is 1.76. The SMILES string of the molecule is COc1ccc(Cl)cc1NC(=O)[C@H]1C[C@H]([C@@H](C)O)N[C@]12C(=O)Nc1ccc(Cl)cc12. The summed E-state index contributed by atoms with van der Waals surface area (Å²) in [5, 5.41) is 20.0. The number of halogens is 2. The third-order valence-corrected chi connectivity index (χ3v) is 6.23. The minimum Gasteiger partial charge on any atom is -0.495 e. The van der Waals surface area contributed by atoms with E-state index in [1.165, 1.54) is 7.11 Å². The van der Waals surface area contributed by atoms with Gasteiger partial charge in [-0.3, -0.25) is 14.9 Å². The zero-order valence-electron chi connectivity index (χ0n) is 16.3. The van der Waals surface area contributed by atoms with Crippen LogP contribution in [0.5, 0.6) is 5.75 Å². The van der Waals surface area contributed by atoms with Gasteiger partial charge in [-0.15, -0.1) is 0 Å². The molecule has 0 saturated carbocycles. The highest BCUT2D eigenvalue weighted by Crippen LogP contribution is 2.48. The normalized spacial score (nSPS) is 25.7. The third-order valence-electron chi connectivity index (χ3n) is 5.76. The summed E-state index contributed by atoms with van der Waals surface area (Å²) in [5.41, 5.74) is 0.218. The molecule has 0 aliphatic carbocycles. The highest BCUT2D eigenvalue weighted by molar-refractivity contribution is 6.31. The van der Waals surface area contributed by atoms with E-state index in [1.54, 1.807) is 43.3 Å². The highest BCUT2D eigenvalue weighted by atomic mass is 35.5. The number of methoxy groups -OCH3 is 1. The number of hydrogen-bond donors (Lipinski definition) is 4. The molecular weight excluding hydrogens is 429 g/mol. The van der Waals surface area contributed by atoms with Crippen LogP contribution in [0.4, 0.5) is 11.4 Å². The molecule has 2 heterocycles. The van der Waals surface area contributed by atoms with Crippen molar-refractivity contribution in [3.05, 3.63) is 52.0 Å². The zero-order valence-corrected chi connectivity index (χ0v) is 17.8. The van der Waals surface area contributed by atoms with Crippen LogP contribution in [0, 0.1) is 5.92 Å². The Morgan fingerprint density at radius 3 is 2.67 bits per heavy atom. The molecule has 30 heavy (non-hydrogen) atoms. The molecular formula is C21H21Cl2N3O4. The van der Waals surface area contributed by atoms with E-state index in [9.17, 15) is 14.7 Å². The van der Waals surface area contributed by atoms with E-state index in [0.717, 1.165) is 0 Å². The first-order chi connectivity index (χ1) is 14.3. The van der Waals surface area contributed by atoms with Crippen LogP contribution in [0.2, 0.25) is 10.0 Å². The molecule has 158 valence electrons. The van der Waals surface area contributed by atoms with Crippen molar-refractivity contribution < 1.29 is 19.4 Å². The summed E-state index contributed by atoms with van der Waals surface area (Å²) < 4.78 is 5.31. The molecule has 7 nitrogen and oxygen atoms in total. The lowest BCUT2D eigenvalue weighted by molar-refractivity contribution is -0.130. The number of hydrogen-bond acceptors (Lipinski definition) is 5. The molecule has 4 rings (SSSR count). The topological polar surface area (TPSA) is 99.7 Å². The van der Waals surface area contributed by atoms with Gasteiger partial charge in [0.2, 0.25) is 11.8 Å². The Kier molecular flexibility index (Phi) is 5.40. The molecule has 1 spiro atoms. The lowest BCUT2D eigenvalue weighted by Gasteiger charge is -2.29. The maximum Gasteiger partial charge on any atom is 0.250 e. The summed E-state index contributed by atoms with van der Waals surface area (Å²) in [6, 6.07) is 9.48. The van der Waals surface area contributed by atoms with Crippen molar-refractivity contribution in [3.8, 4) is 5.75 Å². The molecule has 0 radical (unpaired) electrons. The Hall–Kier alpha value is -2.32. The van der Waals surface area contributed by atoms with Gasteiger partial charge in [-0.1, -0.05) is 23.2 Å². The number of carbonyl (C=O) groups excluding carboxylic acids is 2. The number of carbonyl (C=O) groups is 2. The van der Waals surface area contributed by atoms with E-state index in [1.807, 2.05) is 0 Å². The van der Waals surface area contributed by atoms with Crippen molar-refractivity contribution in [1.29, 1.82) is 0 Å². The lowest BCUT2D eigenvalue weighted by Crippen LogP contribution is -2.53. The van der Waals surface area contributed by atoms with Crippen molar-refractivity contribution in [2.75, 3.05) is 17.7 Å². The summed E-state index contributed by atoms with van der Waals surface area (Å²) >= 11 is 12.3. The monoisotopic (exact) mass is 449 g/mol. The first-order valence-corrected chi connectivity index (χ1v) is 10.2. The van der Waals surface area contributed by atoms with Crippen molar-refractivity contribution in [2.45, 2.75) is 31.0 Å². The minimum atomic E-state index is -1.35. The summed E-state index contributed by atoms with van der Waals surface area (Å²) in [6.07, 6.45) is -0.511. The number of ether oxygens (including phenoxy) is 1. The smallest absolute Gasteiger partial charge is 0.250 e. The van der Waals surface area contributed by atoms with Gasteiger partial charge in [0.1, 0.15) is 11.3 Å². The van der Waals surface area contributed by atoms with Gasteiger partial charge in [0.05, 0.1) is 24.8 Å². The second kappa shape index (κ2) is 7.74. The fourth-order valence-corrected chi connectivity index (χ4v) is 4.63. The number of nitrogens with one attached hydrogen (secondary N) is 3. The predicted octanol–water partition coefficient (Wildman–Crippen LogP) is 3.15. The van der Waals surface area contributed by atoms with Crippen molar-refractivity contribution in [1.82, 2.24) is 5.32 Å². The van der Waals surface area contributed by atoms with Gasteiger partial charge in [-0.05, 0) is 49.7 Å². The number of amides is 2. The van der Waals surface area contributed by atoms with Gasteiger partial charge in [0.25, 0.3) is 0 Å². The molecule has 1 saturated heterocycles. The highest BCUT2D eigenvalue weighted by Gasteiger charge is 2.60. The molecule has 2 aliphatic heterocycles. The summed E-state index contributed by atoms with van der Waals surface area (Å²) in [7, 11) is 1.49. The van der Waals surface area contributed by atoms with Crippen LogP contribution in [0.15, 0.2) is 36.4 Å². The molecule has 1 fully saturated rings. The van der Waals surface area contributed by atoms with Crippen LogP contribution in [-0.4, -0.2) is 36.2 Å². The number of aliphatic hydroxyl groups excluding tert-OH is 1. The van der Waals surface area contributed by atoms with Crippen LogP contribution in [0.25, 0.3) is 0 Å². The Morgan fingerprint density at radius 2 is 1.97 bits per heavy atom. The second-order valence-corrected chi connectivity index (χ2v) is 8.44. The predicted molar refractivity (Wildman–Crippen MR) is 115 cm³/mol. The van der Waals surface area contributed by atoms with Crippen molar-refractivity contribution in [3.63, 3.8) is 0 Å². The second-order valence-electron chi connectivity index (χ2n) is 7.57. The number of anilines is 2. The molecule has 2 aromatic carbocycles. The summed E-state index contributed by atoms with van der Waals surface area (Å²) in [6.45, 7) is 1.62. The molecule has 4 atom stereocenters. The molecule has 2 amide bonds. The largest absolute Gasteiger partial charge is 0.495 e. The molecule has 2 aliphatic rings. The Morgan fingerprint density at radius 1 is 1.27 bits per heavy atom. The Labute approximate surface area is 183 Å². The van der Waals surface area contributed by atoms with Crippen LogP contribution < -0.4 is 20.7 Å². The van der Waals surface area contributed by atoms with E-state index in [-0.39, 0.29) is 12.3 Å². The van der Waals surface area contributed by atoms with E-state index in [2.05, 4.69) is 16.0 Å². The van der Waals surface area contributed by atoms with Crippen LogP contribution in [-0.2, 0) is 15.1 Å². The summed E-state index contributed by atoms with van der Waals surface area (Å²) in [5.74, 6) is -1.12. The van der Waals surface area contributed by atoms with E-state index in [4.69, 9.17) is 27.9 Å². The molecule has 2 aromatic rings. The van der Waals surface area contributed by atoms with Gasteiger partial charge >= 0.3 is 0 Å². The Bertz CT molecular complexity index is 1030. The molecule has 9 heteroatoms. The standard InChI is InChI=1S/C21H21Cl2N3O4/c1-10(27)16-9-14(19(28)24-17-8-12(23)4-6-18(17)30-2)21(26-16)13-7-11(22)3-5-15(13)25-20(21)29/h3-8,10,14,16,26-27H,9H2,1-2H3,(H,24,28)(H,25,29)/t10-,14-,16-,21+/m1/s1. The number of rotatable bonds is 4. The number of aliphatic hydroxyl groups is 1. The molecule has 0 aromatic heterocycles. The first kappa shape index (κ1) is 20.9. The maximum atomic E-state index is 13.4. The number of benzene rings is 2. The first-order valence-electron chi connectivity index (χ1n) is 9.48. The van der Waals surface area contributed by atoms with E-state index < -0.39 is 29.5 Å². The fourth-order valence-electron chi connectivity index (χ4n) is 4.29. The van der Waals surface area contributed by atoms with Gasteiger partial charge in [0, 0.05) is 27.3 Å². The quantitative estimate of drug-likeness (QED) is 0.574. The van der Waals surface area contributed by atoms with E-state index in [0.29, 0.717) is 32.7 Å². The van der Waals surface area contributed by atoms with Gasteiger partial charge in [-0.2, -0.15) is 0 Å². The van der Waals surface area contributed by atoms with Crippen molar-refractivity contribution >= 4 is 46.4 Å². The van der Waals surface area contributed by atoms with Gasteiger partial charge in [-0.25, -0.2) is 0 Å². The van der Waals surface area contributed by atoms with E-state index >= 15 is 0 Å². The summed E-state index contributed by atoms with van der Waals surface area (Å²) in [4.78, 5) is 26.6. The average molecular weight is 450 g/mol. The molecule has 0 bridgehead atoms. The van der Waals surface area contributed by atoms with Crippen LogP contribution in [0.3, 0.4) is 0 Å². The maximum absolute atomic E-state index is 13.4. The van der Waals surface area contributed by atoms with Crippen molar-refractivity contribution in [2.24, 2.45) is 5.92 Å². The lowest BCUT2D eigenvalue weighted by atomic mass is 9.79. The molecule has 0 unspecified atom stereocenters. The average Bonchev–Trinajstić information content (AvgIpc) is 3.23. The number of fused-ring (bicyclic) bond motifs is 2. The van der Waals surface area contributed by atoms with Gasteiger partial charge < -0.3 is 20.5 Å².